The van der Waals surface area contributed by atoms with Crippen LogP contribution in [0.3, 0.4) is 0 Å². The van der Waals surface area contributed by atoms with Crippen molar-refractivity contribution >= 4 is 17.8 Å². The topological polar surface area (TPSA) is 53.5 Å². The lowest BCUT2D eigenvalue weighted by molar-refractivity contribution is -0.131. The highest BCUT2D eigenvalue weighted by molar-refractivity contribution is 6.28. The average Bonchev–Trinajstić information content (AvgIpc) is 3.43. The molecule has 0 saturated carbocycles. The van der Waals surface area contributed by atoms with Gasteiger partial charge in [-0.05, 0) is 71.5 Å². The van der Waals surface area contributed by atoms with Crippen LogP contribution >= 0.6 is 0 Å². The first-order valence-electron chi connectivity index (χ1n) is 17.2. The maximum Gasteiger partial charge on any atom is 0.219 e. The Bertz CT molecular complexity index is 1950. The first-order chi connectivity index (χ1) is 24.4. The van der Waals surface area contributed by atoms with Gasteiger partial charge in [0.05, 0.1) is 12.1 Å². The number of Topliss-reactive ketones (excluding diaryl/α,β-unsaturated/α-hetero) is 1. The molecule has 248 valence electrons. The van der Waals surface area contributed by atoms with E-state index in [1.807, 2.05) is 30.5 Å². The lowest BCUT2D eigenvalue weighted by Crippen LogP contribution is -2.51. The van der Waals surface area contributed by atoms with Gasteiger partial charge in [-0.2, -0.15) is 0 Å². The van der Waals surface area contributed by atoms with Crippen LogP contribution in [0.2, 0.25) is 0 Å². The van der Waals surface area contributed by atoms with E-state index in [0.717, 1.165) is 45.6 Å². The van der Waals surface area contributed by atoms with Crippen LogP contribution in [0.15, 0.2) is 164 Å². The molecule has 1 unspecified atom stereocenters. The van der Waals surface area contributed by atoms with Crippen molar-refractivity contribution in [2.75, 3.05) is 11.6 Å². The Kier molecular flexibility index (Phi) is 9.25. The second kappa shape index (κ2) is 14.1. The van der Waals surface area contributed by atoms with E-state index >= 15 is 0 Å². The van der Waals surface area contributed by atoms with Crippen LogP contribution in [0.4, 0.5) is 5.69 Å². The molecule has 0 aliphatic carbocycles. The van der Waals surface area contributed by atoms with Gasteiger partial charge in [0.2, 0.25) is 5.78 Å². The van der Waals surface area contributed by atoms with Gasteiger partial charge in [0.25, 0.3) is 0 Å². The number of pyridine rings is 1. The number of hydrogen-bond donors (Lipinski definition) is 0. The third-order valence-electron chi connectivity index (χ3n) is 10.2. The van der Waals surface area contributed by atoms with Gasteiger partial charge in [-0.25, -0.2) is 0 Å². The summed E-state index contributed by atoms with van der Waals surface area (Å²) < 4.78 is 0. The van der Waals surface area contributed by atoms with Gasteiger partial charge in [0, 0.05) is 36.1 Å². The third-order valence-corrected chi connectivity index (χ3v) is 10.2. The molecule has 5 aromatic carbocycles. The van der Waals surface area contributed by atoms with Crippen molar-refractivity contribution in [1.29, 1.82) is 0 Å². The maximum absolute atomic E-state index is 13.4. The first kappa shape index (κ1) is 32.9. The van der Waals surface area contributed by atoms with Gasteiger partial charge in [0.1, 0.15) is 6.04 Å². The van der Waals surface area contributed by atoms with Crippen molar-refractivity contribution in [3.63, 3.8) is 0 Å². The van der Waals surface area contributed by atoms with Gasteiger partial charge in [-0.3, -0.25) is 19.5 Å². The number of hydrogen-bond acceptors (Lipinski definition) is 5. The molecule has 0 amide bonds. The van der Waals surface area contributed by atoms with E-state index in [4.69, 9.17) is 0 Å². The zero-order valence-electron chi connectivity index (χ0n) is 28.5. The number of carbonyl (C=O) groups is 2. The van der Waals surface area contributed by atoms with Crippen LogP contribution in [0.25, 0.3) is 0 Å². The molecule has 2 heterocycles. The Morgan fingerprint density at radius 1 is 0.700 bits per heavy atom. The third kappa shape index (κ3) is 6.17. The molecule has 7 rings (SSSR count). The van der Waals surface area contributed by atoms with Gasteiger partial charge >= 0.3 is 0 Å². The Balaban J connectivity index is 1.25. The van der Waals surface area contributed by atoms with Crippen molar-refractivity contribution in [3.8, 4) is 0 Å². The quantitative estimate of drug-likeness (QED) is 0.0800. The summed E-state index contributed by atoms with van der Waals surface area (Å²) in [6.07, 6.45) is 3.09. The summed E-state index contributed by atoms with van der Waals surface area (Å²) in [5.41, 5.74) is 7.64. The fourth-order valence-electron chi connectivity index (χ4n) is 7.77. The molecule has 0 spiro atoms. The molecular formula is C45H41N3O2. The number of aldehydes is 1. The van der Waals surface area contributed by atoms with E-state index in [1.54, 1.807) is 0 Å². The molecule has 0 radical (unpaired) electrons. The van der Waals surface area contributed by atoms with Crippen LogP contribution in [0.5, 0.6) is 0 Å². The van der Waals surface area contributed by atoms with Crippen molar-refractivity contribution in [3.05, 3.63) is 203 Å². The number of ketones is 1. The summed E-state index contributed by atoms with van der Waals surface area (Å²) in [6, 6.07) is 54.3. The SMILES string of the molecule is CC1(C)C(C(=O)C=O)N(c2ccc(C(c3ccccc3)(c3ccccc3)c3ccccc3)cc2)CN1Cc1ccnc(Cc2ccccc2)c1. The van der Waals surface area contributed by atoms with Crippen molar-refractivity contribution in [2.24, 2.45) is 0 Å². The number of benzene rings is 5. The van der Waals surface area contributed by atoms with Crippen molar-refractivity contribution in [1.82, 2.24) is 9.88 Å². The zero-order chi connectivity index (χ0) is 34.6. The van der Waals surface area contributed by atoms with Crippen LogP contribution in [-0.4, -0.2) is 40.2 Å². The predicted octanol–water partition coefficient (Wildman–Crippen LogP) is 8.25. The predicted molar refractivity (Wildman–Crippen MR) is 200 cm³/mol. The lowest BCUT2D eigenvalue weighted by Gasteiger charge is -2.37. The molecule has 1 atom stereocenters. The minimum Gasteiger partial charge on any atom is -0.346 e. The zero-order valence-corrected chi connectivity index (χ0v) is 28.5. The highest BCUT2D eigenvalue weighted by Gasteiger charge is 2.50. The summed E-state index contributed by atoms with van der Waals surface area (Å²) in [7, 11) is 0. The van der Waals surface area contributed by atoms with Crippen molar-refractivity contribution < 1.29 is 9.59 Å². The fraction of sp³-hybridized carbons (Fsp3) is 0.178. The Labute approximate surface area is 294 Å². The molecular weight excluding hydrogens is 615 g/mol. The second-order valence-electron chi connectivity index (χ2n) is 13.6. The fourth-order valence-corrected chi connectivity index (χ4v) is 7.77. The molecule has 0 N–H and O–H groups in total. The molecule has 5 heteroatoms. The van der Waals surface area contributed by atoms with E-state index in [9.17, 15) is 9.59 Å². The number of anilines is 1. The molecule has 1 fully saturated rings. The highest BCUT2D eigenvalue weighted by atomic mass is 16.2. The van der Waals surface area contributed by atoms with E-state index in [0.29, 0.717) is 19.5 Å². The number of carbonyl (C=O) groups excluding carboxylic acids is 2. The lowest BCUT2D eigenvalue weighted by atomic mass is 9.65. The van der Waals surface area contributed by atoms with E-state index in [1.165, 1.54) is 5.56 Å². The van der Waals surface area contributed by atoms with E-state index < -0.39 is 22.8 Å². The van der Waals surface area contributed by atoms with Crippen LogP contribution in [0.1, 0.15) is 52.9 Å². The minimum atomic E-state index is -0.640. The average molecular weight is 656 g/mol. The van der Waals surface area contributed by atoms with Gasteiger partial charge in [-0.1, -0.05) is 133 Å². The molecule has 1 aromatic heterocycles. The summed E-state index contributed by atoms with van der Waals surface area (Å²) in [4.78, 5) is 34.5. The van der Waals surface area contributed by atoms with Gasteiger partial charge in [-0.15, -0.1) is 0 Å². The molecule has 1 aliphatic rings. The normalized spacial score (nSPS) is 15.9. The molecule has 50 heavy (non-hydrogen) atoms. The number of rotatable bonds is 11. The Morgan fingerprint density at radius 3 is 1.72 bits per heavy atom. The standard InChI is InChI=1S/C45H41N3O2/c1-44(2)43(42(50)32-49)48(33-47(44)31-35-27-28-46-40(30-35)29-34-15-7-3-8-16-34)41-25-23-39(24-26-41)45(36-17-9-4-10-18-36,37-19-11-5-12-20-37)38-21-13-6-14-22-38/h3-28,30,32,43H,29,31,33H2,1-2H3. The second-order valence-corrected chi connectivity index (χ2v) is 13.6. The molecule has 1 saturated heterocycles. The Morgan fingerprint density at radius 2 is 1.20 bits per heavy atom. The molecule has 0 bridgehead atoms. The summed E-state index contributed by atoms with van der Waals surface area (Å²) >= 11 is 0. The number of aromatic nitrogens is 1. The summed E-state index contributed by atoms with van der Waals surface area (Å²) in [6.45, 7) is 5.23. The summed E-state index contributed by atoms with van der Waals surface area (Å²) in [5, 5.41) is 0. The summed E-state index contributed by atoms with van der Waals surface area (Å²) in [5.74, 6) is -0.423. The van der Waals surface area contributed by atoms with Crippen molar-refractivity contribution in [2.45, 2.75) is 43.8 Å². The van der Waals surface area contributed by atoms with E-state index in [-0.39, 0.29) is 0 Å². The van der Waals surface area contributed by atoms with Crippen LogP contribution < -0.4 is 4.90 Å². The molecule has 6 aromatic rings. The first-order valence-corrected chi connectivity index (χ1v) is 17.2. The van der Waals surface area contributed by atoms with Gasteiger partial charge < -0.3 is 4.90 Å². The van der Waals surface area contributed by atoms with Crippen LogP contribution in [0, 0.1) is 0 Å². The largest absolute Gasteiger partial charge is 0.346 e. The highest BCUT2D eigenvalue weighted by Crippen LogP contribution is 2.46. The minimum absolute atomic E-state index is 0.423. The number of nitrogens with zero attached hydrogens (tertiary/aromatic N) is 3. The van der Waals surface area contributed by atoms with Crippen LogP contribution in [-0.2, 0) is 28.0 Å². The molecule has 1 aliphatic heterocycles. The van der Waals surface area contributed by atoms with E-state index in [2.05, 4.69) is 162 Å². The monoisotopic (exact) mass is 655 g/mol. The van der Waals surface area contributed by atoms with Gasteiger partial charge in [0.15, 0.2) is 6.29 Å². The Hall–Kier alpha value is -5.65. The molecule has 5 nitrogen and oxygen atoms in total. The maximum atomic E-state index is 13.4. The smallest absolute Gasteiger partial charge is 0.219 e.